The highest BCUT2D eigenvalue weighted by atomic mass is 19.1. The van der Waals surface area contributed by atoms with Crippen molar-refractivity contribution in [3.05, 3.63) is 63.7 Å². The second-order valence-corrected chi connectivity index (χ2v) is 9.95. The number of benzene rings is 2. The zero-order valence-corrected chi connectivity index (χ0v) is 21.7. The number of nitrogens with two attached hydrogens (primary N) is 1. The quantitative estimate of drug-likeness (QED) is 0.349. The number of rotatable bonds is 7. The number of nitrogens with one attached hydrogen (secondary N) is 1. The second kappa shape index (κ2) is 9.80. The number of fused-ring (bicyclic) bond motifs is 1. The van der Waals surface area contributed by atoms with Crippen molar-refractivity contribution in [1.29, 1.82) is 0 Å². The Morgan fingerprint density at radius 1 is 1.23 bits per heavy atom. The smallest absolute Gasteiger partial charge is 0.272 e. The molecule has 1 atom stereocenters. The third-order valence-electron chi connectivity index (χ3n) is 7.48. The Labute approximate surface area is 224 Å². The maximum atomic E-state index is 16.6. The van der Waals surface area contributed by atoms with Gasteiger partial charge in [0.2, 0.25) is 5.69 Å². The molecular weight excluding hydrogens is 501 g/mol. The average molecular weight is 530 g/mol. The average Bonchev–Trinajstić information content (AvgIpc) is 3.49. The van der Waals surface area contributed by atoms with Crippen LogP contribution in [0.15, 0.2) is 35.3 Å². The van der Waals surface area contributed by atoms with Crippen LogP contribution in [0, 0.1) is 12.4 Å². The molecule has 1 saturated heterocycles. The molecule has 0 amide bonds. The van der Waals surface area contributed by atoms with E-state index in [-0.39, 0.29) is 35.6 Å². The number of H-pyrrole nitrogens is 1. The molecule has 2 aromatic heterocycles. The van der Waals surface area contributed by atoms with Gasteiger partial charge in [0.05, 0.1) is 47.4 Å². The normalized spacial score (nSPS) is 17.1. The first-order valence-corrected chi connectivity index (χ1v) is 12.9. The number of hydrogen-bond donors (Lipinski definition) is 2. The third kappa shape index (κ3) is 4.31. The van der Waals surface area contributed by atoms with Gasteiger partial charge in [-0.2, -0.15) is 10.2 Å². The predicted octanol–water partition coefficient (Wildman–Crippen LogP) is 3.91. The molecular formula is C28H28FN7O3. The predicted molar refractivity (Wildman–Crippen MR) is 145 cm³/mol. The third-order valence-corrected chi connectivity index (χ3v) is 7.48. The van der Waals surface area contributed by atoms with Gasteiger partial charge in [0.25, 0.3) is 5.56 Å². The SMILES string of the molecule is [C-]#[N+]c1c(OC2CC2)cc(N2CCC(OC)C2)c(F)c1-c1c(-c2ccc3c(=O)[nH]nc(CN)c3c2)cnn1C. The Hall–Kier alpha value is -4.27. The van der Waals surface area contributed by atoms with Gasteiger partial charge < -0.3 is 20.1 Å². The molecule has 10 nitrogen and oxygen atoms in total. The molecule has 2 fully saturated rings. The van der Waals surface area contributed by atoms with E-state index in [2.05, 4.69) is 20.1 Å². The number of methoxy groups -OCH3 is 1. The molecule has 3 heterocycles. The minimum atomic E-state index is -0.507. The van der Waals surface area contributed by atoms with Crippen LogP contribution >= 0.6 is 0 Å². The van der Waals surface area contributed by atoms with E-state index in [1.54, 1.807) is 43.2 Å². The van der Waals surface area contributed by atoms with Gasteiger partial charge in [-0.15, -0.1) is 0 Å². The highest BCUT2D eigenvalue weighted by Crippen LogP contribution is 2.49. The van der Waals surface area contributed by atoms with E-state index in [4.69, 9.17) is 21.8 Å². The summed E-state index contributed by atoms with van der Waals surface area (Å²) < 4.78 is 29.8. The van der Waals surface area contributed by atoms with Crippen LogP contribution in [0.3, 0.4) is 0 Å². The molecule has 2 aromatic carbocycles. The Morgan fingerprint density at radius 2 is 2.05 bits per heavy atom. The summed E-state index contributed by atoms with van der Waals surface area (Å²) in [7, 11) is 3.38. The van der Waals surface area contributed by atoms with Crippen LogP contribution in [0.25, 0.3) is 38.0 Å². The zero-order valence-electron chi connectivity index (χ0n) is 21.7. The van der Waals surface area contributed by atoms with Gasteiger partial charge in [-0.1, -0.05) is 6.07 Å². The van der Waals surface area contributed by atoms with Crippen LogP contribution in [0.2, 0.25) is 0 Å². The van der Waals surface area contributed by atoms with Gasteiger partial charge >= 0.3 is 0 Å². The summed E-state index contributed by atoms with van der Waals surface area (Å²) in [6.45, 7) is 9.32. The Balaban J connectivity index is 1.57. The summed E-state index contributed by atoms with van der Waals surface area (Å²) in [6.07, 6.45) is 4.24. The van der Waals surface area contributed by atoms with Gasteiger partial charge in [0.1, 0.15) is 11.6 Å². The molecule has 3 N–H and O–H groups in total. The number of aromatic nitrogens is 4. The lowest BCUT2D eigenvalue weighted by Gasteiger charge is -2.23. The first-order valence-electron chi connectivity index (χ1n) is 12.9. The second-order valence-electron chi connectivity index (χ2n) is 9.95. The van der Waals surface area contributed by atoms with E-state index in [9.17, 15) is 4.79 Å². The minimum Gasteiger partial charge on any atom is -0.501 e. The molecule has 39 heavy (non-hydrogen) atoms. The number of halogens is 1. The van der Waals surface area contributed by atoms with Crippen molar-refractivity contribution in [2.45, 2.75) is 38.0 Å². The number of ether oxygens (including phenoxy) is 2. The van der Waals surface area contributed by atoms with Crippen molar-refractivity contribution in [3.8, 4) is 28.1 Å². The van der Waals surface area contributed by atoms with Crippen molar-refractivity contribution >= 4 is 22.1 Å². The van der Waals surface area contributed by atoms with E-state index in [0.717, 1.165) is 19.3 Å². The van der Waals surface area contributed by atoms with Gasteiger partial charge in [-0.05, 0) is 43.0 Å². The highest BCUT2D eigenvalue weighted by molar-refractivity contribution is 5.95. The van der Waals surface area contributed by atoms with Crippen LogP contribution in [-0.4, -0.2) is 52.4 Å². The summed E-state index contributed by atoms with van der Waals surface area (Å²) in [6, 6.07) is 6.94. The Bertz CT molecular complexity index is 1690. The largest absolute Gasteiger partial charge is 0.501 e. The van der Waals surface area contributed by atoms with E-state index >= 15 is 4.39 Å². The molecule has 4 aromatic rings. The van der Waals surface area contributed by atoms with Crippen LogP contribution in [0.1, 0.15) is 25.0 Å². The summed E-state index contributed by atoms with van der Waals surface area (Å²) in [5.74, 6) is -0.140. The molecule has 0 bridgehead atoms. The van der Waals surface area contributed by atoms with Crippen LogP contribution in [0.5, 0.6) is 5.75 Å². The standard InChI is InChI=1S/C28H28FN7O3/c1-31-26-23(39-16-5-6-16)11-22(36-9-8-17(14-36)38-3)25(29)24(26)27-20(13-32-35(27)2)15-4-7-18-19(10-15)21(12-30)33-34-28(18)37/h4,7,10-11,13,16-17H,5-6,8-9,12,14,30H2,2-3H3,(H,34,37). The molecule has 11 heteroatoms. The number of nitrogens with zero attached hydrogens (tertiary/aromatic N) is 5. The van der Waals surface area contributed by atoms with Crippen molar-refractivity contribution < 1.29 is 13.9 Å². The zero-order chi connectivity index (χ0) is 27.3. The monoisotopic (exact) mass is 529 g/mol. The molecule has 1 unspecified atom stereocenters. The summed E-state index contributed by atoms with van der Waals surface area (Å²) in [5.41, 5.74) is 8.46. The lowest BCUT2D eigenvalue weighted by Crippen LogP contribution is -2.23. The summed E-state index contributed by atoms with van der Waals surface area (Å²) in [4.78, 5) is 18.1. The molecule has 0 spiro atoms. The van der Waals surface area contributed by atoms with E-state index < -0.39 is 5.82 Å². The maximum absolute atomic E-state index is 16.6. The van der Waals surface area contributed by atoms with Gasteiger partial charge in [0, 0.05) is 50.3 Å². The summed E-state index contributed by atoms with van der Waals surface area (Å²) >= 11 is 0. The van der Waals surface area contributed by atoms with Crippen molar-refractivity contribution in [2.24, 2.45) is 12.8 Å². The first-order chi connectivity index (χ1) is 18.9. The molecule has 6 rings (SSSR count). The van der Waals surface area contributed by atoms with Crippen LogP contribution in [-0.2, 0) is 18.3 Å². The molecule has 200 valence electrons. The van der Waals surface area contributed by atoms with Crippen LogP contribution < -0.4 is 20.9 Å². The van der Waals surface area contributed by atoms with Crippen LogP contribution in [0.4, 0.5) is 15.8 Å². The Kier molecular flexibility index (Phi) is 6.29. The Morgan fingerprint density at radius 3 is 2.74 bits per heavy atom. The highest BCUT2D eigenvalue weighted by Gasteiger charge is 2.33. The molecule has 0 radical (unpaired) electrons. The molecule has 1 aliphatic carbocycles. The lowest BCUT2D eigenvalue weighted by molar-refractivity contribution is 0.121. The van der Waals surface area contributed by atoms with Crippen molar-refractivity contribution in [3.63, 3.8) is 0 Å². The van der Waals surface area contributed by atoms with E-state index in [1.165, 1.54) is 0 Å². The fourth-order valence-corrected chi connectivity index (χ4v) is 5.25. The maximum Gasteiger partial charge on any atom is 0.272 e. The van der Waals surface area contributed by atoms with E-state index in [0.29, 0.717) is 57.8 Å². The fourth-order valence-electron chi connectivity index (χ4n) is 5.25. The molecule has 1 aliphatic heterocycles. The minimum absolute atomic E-state index is 0.000412. The number of aryl methyl sites for hydroxylation is 1. The van der Waals surface area contributed by atoms with E-state index in [1.807, 2.05) is 11.0 Å². The topological polar surface area (TPSA) is 116 Å². The lowest BCUT2D eigenvalue weighted by atomic mass is 9.96. The number of aromatic amines is 1. The van der Waals surface area contributed by atoms with Gasteiger partial charge in [-0.3, -0.25) is 9.48 Å². The molecule has 1 saturated carbocycles. The van der Waals surface area contributed by atoms with Crippen molar-refractivity contribution in [1.82, 2.24) is 20.0 Å². The number of hydrogen-bond acceptors (Lipinski definition) is 7. The first kappa shape index (κ1) is 25.0. The van der Waals surface area contributed by atoms with Crippen molar-refractivity contribution in [2.75, 3.05) is 25.1 Å². The fraction of sp³-hybridized carbons (Fsp3) is 0.357. The molecule has 2 aliphatic rings. The van der Waals surface area contributed by atoms with Gasteiger partial charge in [0.15, 0.2) is 0 Å². The summed E-state index contributed by atoms with van der Waals surface area (Å²) in [5, 5.41) is 12.1. The van der Waals surface area contributed by atoms with Gasteiger partial charge in [-0.25, -0.2) is 14.3 Å². The number of anilines is 1.